The number of rotatable bonds is 2. The van der Waals surface area contributed by atoms with Gasteiger partial charge in [0.05, 0.1) is 0 Å². The summed E-state index contributed by atoms with van der Waals surface area (Å²) in [6, 6.07) is 7.04. The minimum absolute atomic E-state index is 0.303. The van der Waals surface area contributed by atoms with E-state index in [0.717, 1.165) is 42.8 Å². The van der Waals surface area contributed by atoms with E-state index in [4.69, 9.17) is 0 Å². The van der Waals surface area contributed by atoms with Crippen molar-refractivity contribution in [3.8, 4) is 0 Å². The number of nitrogens with zero attached hydrogens (tertiary/aromatic N) is 4. The molecule has 3 heterocycles. The van der Waals surface area contributed by atoms with Crippen LogP contribution in [0.1, 0.15) is 24.5 Å². The Kier molecular flexibility index (Phi) is 3.21. The average molecular weight is 297 g/mol. The van der Waals surface area contributed by atoms with Crippen LogP contribution in [0.15, 0.2) is 36.8 Å². The van der Waals surface area contributed by atoms with E-state index in [2.05, 4.69) is 25.1 Å². The summed E-state index contributed by atoms with van der Waals surface area (Å²) >= 11 is 0. The van der Waals surface area contributed by atoms with Gasteiger partial charge in [-0.15, -0.1) is 0 Å². The van der Waals surface area contributed by atoms with Gasteiger partial charge in [0.1, 0.15) is 23.5 Å². The average Bonchev–Trinajstić information content (AvgIpc) is 3.09. The third-order valence-corrected chi connectivity index (χ3v) is 4.28. The van der Waals surface area contributed by atoms with Gasteiger partial charge in [-0.2, -0.15) is 5.10 Å². The fourth-order valence-corrected chi connectivity index (χ4v) is 3.21. The number of benzene rings is 1. The van der Waals surface area contributed by atoms with Crippen LogP contribution in [0, 0.1) is 5.82 Å². The Bertz CT molecular complexity index is 786. The number of hydrogen-bond acceptors (Lipinski definition) is 4. The minimum atomic E-state index is -0.303. The van der Waals surface area contributed by atoms with Gasteiger partial charge in [-0.05, 0) is 31.0 Å². The van der Waals surface area contributed by atoms with Crippen molar-refractivity contribution < 1.29 is 4.39 Å². The first kappa shape index (κ1) is 13.2. The number of halogens is 1. The molecule has 1 aliphatic rings. The third kappa shape index (κ3) is 2.20. The maximum absolute atomic E-state index is 13.9. The molecule has 0 radical (unpaired) electrons. The number of para-hydroxylation sites is 1. The van der Waals surface area contributed by atoms with Crippen LogP contribution in [0.5, 0.6) is 0 Å². The maximum Gasteiger partial charge on any atom is 0.149 e. The molecule has 1 aromatic carbocycles. The Morgan fingerprint density at radius 3 is 3.05 bits per heavy atom. The number of anilines is 1. The van der Waals surface area contributed by atoms with Crippen molar-refractivity contribution in [3.63, 3.8) is 0 Å². The minimum Gasteiger partial charge on any atom is -0.355 e. The number of hydrogen-bond donors (Lipinski definition) is 1. The van der Waals surface area contributed by atoms with Crippen LogP contribution in [0.4, 0.5) is 10.2 Å². The standard InChI is InChI=1S/C16H16FN5/c17-13-5-1-4-12-15(13)18-10-19-16(12)22-8-2-3-11(9-22)14-6-7-20-21-14/h1,4-7,10-11H,2-3,8-9H2,(H,20,21). The highest BCUT2D eigenvalue weighted by atomic mass is 19.1. The van der Waals surface area contributed by atoms with Crippen LogP contribution in [0.2, 0.25) is 0 Å². The lowest BCUT2D eigenvalue weighted by atomic mass is 9.95. The number of nitrogens with one attached hydrogen (secondary N) is 1. The molecule has 6 heteroatoms. The zero-order chi connectivity index (χ0) is 14.9. The van der Waals surface area contributed by atoms with Crippen molar-refractivity contribution in [1.29, 1.82) is 0 Å². The van der Waals surface area contributed by atoms with Gasteiger partial charge in [-0.25, -0.2) is 14.4 Å². The molecule has 0 bridgehead atoms. The summed E-state index contributed by atoms with van der Waals surface area (Å²) in [6.07, 6.45) is 5.42. The number of aromatic nitrogens is 4. The summed E-state index contributed by atoms with van der Waals surface area (Å²) in [5.41, 5.74) is 1.53. The molecule has 5 nitrogen and oxygen atoms in total. The zero-order valence-corrected chi connectivity index (χ0v) is 12.0. The normalized spacial score (nSPS) is 18.8. The molecule has 0 amide bonds. The Morgan fingerprint density at radius 1 is 1.23 bits per heavy atom. The summed E-state index contributed by atoms with van der Waals surface area (Å²) in [4.78, 5) is 10.7. The molecular weight excluding hydrogens is 281 g/mol. The summed E-state index contributed by atoms with van der Waals surface area (Å²) in [6.45, 7) is 1.78. The van der Waals surface area contributed by atoms with E-state index in [1.54, 1.807) is 12.3 Å². The number of H-pyrrole nitrogens is 1. The topological polar surface area (TPSA) is 57.7 Å². The molecule has 0 aliphatic carbocycles. The van der Waals surface area contributed by atoms with E-state index in [0.29, 0.717) is 11.4 Å². The first-order valence-electron chi connectivity index (χ1n) is 7.46. The maximum atomic E-state index is 13.9. The highest BCUT2D eigenvalue weighted by Crippen LogP contribution is 2.31. The van der Waals surface area contributed by atoms with E-state index < -0.39 is 0 Å². The largest absolute Gasteiger partial charge is 0.355 e. The van der Waals surface area contributed by atoms with E-state index in [1.807, 2.05) is 12.1 Å². The number of fused-ring (bicyclic) bond motifs is 1. The summed E-state index contributed by atoms with van der Waals surface area (Å²) in [5.74, 6) is 0.909. The van der Waals surface area contributed by atoms with Crippen LogP contribution in [-0.4, -0.2) is 33.3 Å². The summed E-state index contributed by atoms with van der Waals surface area (Å²) in [5, 5.41) is 7.86. The molecule has 1 atom stereocenters. The molecule has 1 saturated heterocycles. The summed E-state index contributed by atoms with van der Waals surface area (Å²) in [7, 11) is 0. The number of aromatic amines is 1. The molecule has 1 aliphatic heterocycles. The van der Waals surface area contributed by atoms with E-state index in [1.165, 1.54) is 12.4 Å². The predicted molar refractivity (Wildman–Crippen MR) is 82.3 cm³/mol. The molecule has 4 rings (SSSR count). The molecule has 112 valence electrons. The molecule has 22 heavy (non-hydrogen) atoms. The second-order valence-electron chi connectivity index (χ2n) is 5.63. The van der Waals surface area contributed by atoms with E-state index in [9.17, 15) is 4.39 Å². The molecule has 1 N–H and O–H groups in total. The van der Waals surface area contributed by atoms with Crippen molar-refractivity contribution in [2.24, 2.45) is 0 Å². The van der Waals surface area contributed by atoms with Crippen LogP contribution >= 0.6 is 0 Å². The highest BCUT2D eigenvalue weighted by Gasteiger charge is 2.24. The highest BCUT2D eigenvalue weighted by molar-refractivity contribution is 5.89. The van der Waals surface area contributed by atoms with Gasteiger partial charge < -0.3 is 4.90 Å². The Morgan fingerprint density at radius 2 is 2.18 bits per heavy atom. The third-order valence-electron chi connectivity index (χ3n) is 4.28. The fourth-order valence-electron chi connectivity index (χ4n) is 3.21. The van der Waals surface area contributed by atoms with Crippen LogP contribution < -0.4 is 4.90 Å². The van der Waals surface area contributed by atoms with Gasteiger partial charge >= 0.3 is 0 Å². The monoisotopic (exact) mass is 297 g/mol. The van der Waals surface area contributed by atoms with Crippen LogP contribution in [0.25, 0.3) is 10.9 Å². The molecular formula is C16H16FN5. The van der Waals surface area contributed by atoms with Crippen molar-refractivity contribution in [2.75, 3.05) is 18.0 Å². The lowest BCUT2D eigenvalue weighted by Crippen LogP contribution is -2.35. The molecule has 3 aromatic rings. The second kappa shape index (κ2) is 5.36. The van der Waals surface area contributed by atoms with Crippen molar-refractivity contribution in [3.05, 3.63) is 48.3 Å². The first-order chi connectivity index (χ1) is 10.8. The zero-order valence-electron chi connectivity index (χ0n) is 12.0. The fraction of sp³-hybridized carbons (Fsp3) is 0.312. The quantitative estimate of drug-likeness (QED) is 0.790. The smallest absolute Gasteiger partial charge is 0.149 e. The molecule has 2 aromatic heterocycles. The number of piperidine rings is 1. The van der Waals surface area contributed by atoms with Gasteiger partial charge in [0.2, 0.25) is 0 Å². The van der Waals surface area contributed by atoms with Crippen LogP contribution in [-0.2, 0) is 0 Å². The van der Waals surface area contributed by atoms with E-state index in [-0.39, 0.29) is 5.82 Å². The SMILES string of the molecule is Fc1cccc2c(N3CCCC(c4ccn[nH]4)C3)ncnc12. The van der Waals surface area contributed by atoms with Gasteiger partial charge in [0, 0.05) is 36.3 Å². The first-order valence-corrected chi connectivity index (χ1v) is 7.46. The van der Waals surface area contributed by atoms with Crippen molar-refractivity contribution in [1.82, 2.24) is 20.2 Å². The van der Waals surface area contributed by atoms with Crippen LogP contribution in [0.3, 0.4) is 0 Å². The Hall–Kier alpha value is -2.50. The Labute approximate surface area is 127 Å². The molecule has 1 fully saturated rings. The van der Waals surface area contributed by atoms with Crippen molar-refractivity contribution in [2.45, 2.75) is 18.8 Å². The van der Waals surface area contributed by atoms with Gasteiger partial charge in [0.25, 0.3) is 0 Å². The lowest BCUT2D eigenvalue weighted by molar-refractivity contribution is 0.498. The van der Waals surface area contributed by atoms with Crippen molar-refractivity contribution >= 4 is 16.7 Å². The van der Waals surface area contributed by atoms with Gasteiger partial charge in [0.15, 0.2) is 0 Å². The summed E-state index contributed by atoms with van der Waals surface area (Å²) < 4.78 is 13.9. The molecule has 1 unspecified atom stereocenters. The van der Waals surface area contributed by atoms with Gasteiger partial charge in [-0.1, -0.05) is 6.07 Å². The second-order valence-corrected chi connectivity index (χ2v) is 5.63. The Balaban J connectivity index is 1.71. The molecule has 0 spiro atoms. The predicted octanol–water partition coefficient (Wildman–Crippen LogP) is 2.88. The van der Waals surface area contributed by atoms with E-state index >= 15 is 0 Å². The lowest BCUT2D eigenvalue weighted by Gasteiger charge is -2.33. The van der Waals surface area contributed by atoms with Gasteiger partial charge in [-0.3, -0.25) is 5.10 Å². The molecule has 0 saturated carbocycles.